The molecule has 0 aromatic heterocycles. The van der Waals surface area contributed by atoms with E-state index in [4.69, 9.17) is 5.11 Å². The van der Waals surface area contributed by atoms with Crippen LogP contribution in [0.5, 0.6) is 0 Å². The molecule has 1 amide bonds. The predicted molar refractivity (Wildman–Crippen MR) is 95.2 cm³/mol. The van der Waals surface area contributed by atoms with Crippen LogP contribution < -0.4 is 5.32 Å². The first-order valence-electron chi connectivity index (χ1n) is 8.57. The van der Waals surface area contributed by atoms with Crippen molar-refractivity contribution < 1.29 is 14.7 Å². The molecule has 5 heteroatoms. The van der Waals surface area contributed by atoms with Gasteiger partial charge in [-0.3, -0.25) is 14.5 Å². The van der Waals surface area contributed by atoms with E-state index >= 15 is 0 Å². The highest BCUT2D eigenvalue weighted by Crippen LogP contribution is 2.24. The van der Waals surface area contributed by atoms with Crippen LogP contribution in [0.1, 0.15) is 46.1 Å². The van der Waals surface area contributed by atoms with Gasteiger partial charge in [-0.2, -0.15) is 0 Å². The molecule has 0 aliphatic carbocycles. The number of benzene rings is 1. The molecule has 2 N–H and O–H groups in total. The Bertz CT molecular complexity index is 582. The van der Waals surface area contributed by atoms with Gasteiger partial charge in [0.15, 0.2) is 0 Å². The van der Waals surface area contributed by atoms with Crippen LogP contribution in [0.2, 0.25) is 0 Å². The van der Waals surface area contributed by atoms with Gasteiger partial charge in [-0.15, -0.1) is 0 Å². The minimum atomic E-state index is -0.731. The Morgan fingerprint density at radius 3 is 2.17 bits per heavy atom. The minimum absolute atomic E-state index is 0.0488. The lowest BCUT2D eigenvalue weighted by molar-refractivity contribution is -0.143. The Morgan fingerprint density at radius 2 is 1.71 bits per heavy atom. The lowest BCUT2D eigenvalue weighted by Crippen LogP contribution is -2.46. The third-order valence-electron chi connectivity index (χ3n) is 4.82. The number of carbonyl (C=O) groups is 2. The summed E-state index contributed by atoms with van der Waals surface area (Å²) in [5.41, 5.74) is 2.11. The highest BCUT2D eigenvalue weighted by Gasteiger charge is 2.29. The number of likely N-dealkylation sites (tertiary alicyclic amines) is 1. The van der Waals surface area contributed by atoms with Gasteiger partial charge in [-0.05, 0) is 56.0 Å². The largest absolute Gasteiger partial charge is 0.481 e. The summed E-state index contributed by atoms with van der Waals surface area (Å²) in [4.78, 5) is 25.5. The number of piperidine rings is 1. The summed E-state index contributed by atoms with van der Waals surface area (Å²) in [5, 5.41) is 12.0. The molecule has 1 atom stereocenters. The van der Waals surface area contributed by atoms with Crippen molar-refractivity contribution in [3.8, 4) is 0 Å². The summed E-state index contributed by atoms with van der Waals surface area (Å²) in [6, 6.07) is 7.68. The Labute approximate surface area is 144 Å². The van der Waals surface area contributed by atoms with Crippen LogP contribution in [-0.4, -0.2) is 41.0 Å². The standard InChI is InChI=1S/C19H28N2O3/c1-13(21-11-9-14(10-12-21)18(23)24)17(22)20-16-7-5-15(6-8-16)19(2,3)4/h5-8,13-14H,9-12H2,1-4H3,(H,20,22)(H,23,24). The van der Waals surface area contributed by atoms with Crippen LogP contribution in [0, 0.1) is 5.92 Å². The third kappa shape index (κ3) is 4.57. The predicted octanol–water partition coefficient (Wildman–Crippen LogP) is 3.11. The number of rotatable bonds is 4. The van der Waals surface area contributed by atoms with Gasteiger partial charge < -0.3 is 10.4 Å². The molecule has 1 aromatic carbocycles. The molecule has 0 spiro atoms. The van der Waals surface area contributed by atoms with E-state index < -0.39 is 5.97 Å². The number of aliphatic carboxylic acids is 1. The molecule has 0 radical (unpaired) electrons. The summed E-state index contributed by atoms with van der Waals surface area (Å²) in [7, 11) is 0. The highest BCUT2D eigenvalue weighted by atomic mass is 16.4. The molecule has 24 heavy (non-hydrogen) atoms. The van der Waals surface area contributed by atoms with Crippen molar-refractivity contribution in [2.24, 2.45) is 5.92 Å². The minimum Gasteiger partial charge on any atom is -0.481 e. The molecule has 0 saturated carbocycles. The molecule has 132 valence electrons. The summed E-state index contributed by atoms with van der Waals surface area (Å²) >= 11 is 0. The molecule has 1 aliphatic rings. The van der Waals surface area contributed by atoms with Crippen molar-refractivity contribution >= 4 is 17.6 Å². The number of hydrogen-bond acceptors (Lipinski definition) is 3. The topological polar surface area (TPSA) is 69.6 Å². The van der Waals surface area contributed by atoms with E-state index in [1.165, 1.54) is 5.56 Å². The molecule has 0 bridgehead atoms. The van der Waals surface area contributed by atoms with Gasteiger partial charge in [-0.25, -0.2) is 0 Å². The van der Waals surface area contributed by atoms with Crippen molar-refractivity contribution in [3.05, 3.63) is 29.8 Å². The molecule has 1 saturated heterocycles. The monoisotopic (exact) mass is 332 g/mol. The second-order valence-corrected chi connectivity index (χ2v) is 7.64. The summed E-state index contributed by atoms with van der Waals surface area (Å²) in [5.74, 6) is -1.06. The van der Waals surface area contributed by atoms with Gasteiger partial charge in [0.25, 0.3) is 0 Å². The van der Waals surface area contributed by atoms with E-state index in [0.29, 0.717) is 25.9 Å². The number of nitrogens with one attached hydrogen (secondary N) is 1. The third-order valence-corrected chi connectivity index (χ3v) is 4.82. The van der Waals surface area contributed by atoms with Crippen LogP contribution >= 0.6 is 0 Å². The lowest BCUT2D eigenvalue weighted by atomic mass is 9.87. The van der Waals surface area contributed by atoms with Gasteiger partial charge in [0.2, 0.25) is 5.91 Å². The first-order valence-corrected chi connectivity index (χ1v) is 8.57. The Balaban J connectivity index is 1.91. The Morgan fingerprint density at radius 1 is 1.17 bits per heavy atom. The Kier molecular flexibility index (Phi) is 5.65. The highest BCUT2D eigenvalue weighted by molar-refractivity contribution is 5.94. The van der Waals surface area contributed by atoms with Crippen LogP contribution in [-0.2, 0) is 15.0 Å². The number of amides is 1. The molecule has 1 aromatic rings. The van der Waals surface area contributed by atoms with Crippen LogP contribution in [0.25, 0.3) is 0 Å². The van der Waals surface area contributed by atoms with Crippen molar-refractivity contribution in [2.75, 3.05) is 18.4 Å². The number of nitrogens with zero attached hydrogens (tertiary/aromatic N) is 1. The van der Waals surface area contributed by atoms with E-state index in [1.54, 1.807) is 0 Å². The zero-order valence-electron chi connectivity index (χ0n) is 15.0. The zero-order chi connectivity index (χ0) is 17.9. The fourth-order valence-electron chi connectivity index (χ4n) is 3.00. The molecule has 2 rings (SSSR count). The normalized spacial score (nSPS) is 18.2. The molecular weight excluding hydrogens is 304 g/mol. The smallest absolute Gasteiger partial charge is 0.306 e. The average Bonchev–Trinajstić information content (AvgIpc) is 2.54. The maximum Gasteiger partial charge on any atom is 0.306 e. The number of carbonyl (C=O) groups excluding carboxylic acids is 1. The number of hydrogen-bond donors (Lipinski definition) is 2. The van der Waals surface area contributed by atoms with Gasteiger partial charge in [0, 0.05) is 5.69 Å². The van der Waals surface area contributed by atoms with Gasteiger partial charge in [0.05, 0.1) is 12.0 Å². The second kappa shape index (κ2) is 7.34. The van der Waals surface area contributed by atoms with E-state index in [9.17, 15) is 9.59 Å². The lowest BCUT2D eigenvalue weighted by Gasteiger charge is -2.33. The number of carboxylic acid groups (broad SMARTS) is 1. The van der Waals surface area contributed by atoms with Crippen molar-refractivity contribution in [1.82, 2.24) is 4.90 Å². The van der Waals surface area contributed by atoms with Crippen molar-refractivity contribution in [3.63, 3.8) is 0 Å². The van der Waals surface area contributed by atoms with Crippen LogP contribution in [0.4, 0.5) is 5.69 Å². The van der Waals surface area contributed by atoms with E-state index in [1.807, 2.05) is 31.2 Å². The molecule has 1 heterocycles. The number of carboxylic acids is 1. The SMILES string of the molecule is CC(C(=O)Nc1ccc(C(C)(C)C)cc1)N1CCC(C(=O)O)CC1. The fraction of sp³-hybridized carbons (Fsp3) is 0.579. The first-order chi connectivity index (χ1) is 11.2. The molecule has 1 aliphatic heterocycles. The van der Waals surface area contributed by atoms with Gasteiger partial charge in [-0.1, -0.05) is 32.9 Å². The average molecular weight is 332 g/mol. The first kappa shape index (κ1) is 18.5. The quantitative estimate of drug-likeness (QED) is 0.889. The second-order valence-electron chi connectivity index (χ2n) is 7.64. The molecular formula is C19H28N2O3. The van der Waals surface area contributed by atoms with E-state index in [0.717, 1.165) is 5.69 Å². The molecule has 1 fully saturated rings. The van der Waals surface area contributed by atoms with Crippen LogP contribution in [0.3, 0.4) is 0 Å². The molecule has 1 unspecified atom stereocenters. The van der Waals surface area contributed by atoms with Crippen molar-refractivity contribution in [2.45, 2.75) is 52.0 Å². The van der Waals surface area contributed by atoms with Crippen molar-refractivity contribution in [1.29, 1.82) is 0 Å². The van der Waals surface area contributed by atoms with E-state index in [-0.39, 0.29) is 23.3 Å². The Hall–Kier alpha value is -1.88. The van der Waals surface area contributed by atoms with E-state index in [2.05, 4.69) is 31.0 Å². The van der Waals surface area contributed by atoms with Crippen LogP contribution in [0.15, 0.2) is 24.3 Å². The molecule has 5 nitrogen and oxygen atoms in total. The zero-order valence-corrected chi connectivity index (χ0v) is 15.0. The fourth-order valence-corrected chi connectivity index (χ4v) is 3.00. The summed E-state index contributed by atoms with van der Waals surface area (Å²) in [6.07, 6.45) is 1.21. The van der Waals surface area contributed by atoms with Gasteiger partial charge >= 0.3 is 5.97 Å². The maximum absolute atomic E-state index is 12.4. The summed E-state index contributed by atoms with van der Waals surface area (Å²) < 4.78 is 0. The summed E-state index contributed by atoms with van der Waals surface area (Å²) in [6.45, 7) is 9.64. The number of anilines is 1. The maximum atomic E-state index is 12.4. The van der Waals surface area contributed by atoms with Gasteiger partial charge in [0.1, 0.15) is 0 Å².